The average molecular weight is 190 g/mol. The Morgan fingerprint density at radius 3 is 2.79 bits per heavy atom. The lowest BCUT2D eigenvalue weighted by Crippen LogP contribution is -2.31. The van der Waals surface area contributed by atoms with E-state index in [2.05, 4.69) is 13.8 Å². The second-order valence-electron chi connectivity index (χ2n) is 4.05. The van der Waals surface area contributed by atoms with Gasteiger partial charge >= 0.3 is 5.97 Å². The highest BCUT2D eigenvalue weighted by Gasteiger charge is 2.27. The molecule has 0 amide bonds. The van der Waals surface area contributed by atoms with Gasteiger partial charge in [-0.2, -0.15) is 0 Å². The first-order valence-corrected chi connectivity index (χ1v) is 4.97. The summed E-state index contributed by atoms with van der Waals surface area (Å²) in [5, 5.41) is 0. The number of cyclic esters (lactones) is 1. The van der Waals surface area contributed by atoms with Crippen LogP contribution in [-0.4, -0.2) is 12.1 Å². The highest BCUT2D eigenvalue weighted by Crippen LogP contribution is 2.23. The Balaban J connectivity index is 2.33. The normalized spacial score (nSPS) is 20.5. The summed E-state index contributed by atoms with van der Waals surface area (Å²) < 4.78 is 5.34. The van der Waals surface area contributed by atoms with Crippen molar-refractivity contribution in [2.24, 2.45) is 5.92 Å². The van der Waals surface area contributed by atoms with Gasteiger partial charge in [-0.15, -0.1) is 0 Å². The molecule has 0 saturated carbocycles. The number of rotatable bonds is 1. The zero-order valence-electron chi connectivity index (χ0n) is 8.49. The first-order chi connectivity index (χ1) is 6.68. The van der Waals surface area contributed by atoms with Crippen molar-refractivity contribution in [1.82, 2.24) is 0 Å². The van der Waals surface area contributed by atoms with E-state index in [1.165, 1.54) is 0 Å². The van der Waals surface area contributed by atoms with Gasteiger partial charge in [-0.05, 0) is 17.5 Å². The molecule has 2 rings (SSSR count). The van der Waals surface area contributed by atoms with Gasteiger partial charge in [0.2, 0.25) is 0 Å². The van der Waals surface area contributed by atoms with Crippen LogP contribution in [0.5, 0.6) is 0 Å². The van der Waals surface area contributed by atoms with Crippen LogP contribution in [0, 0.1) is 5.92 Å². The van der Waals surface area contributed by atoms with E-state index in [4.69, 9.17) is 4.74 Å². The fourth-order valence-electron chi connectivity index (χ4n) is 1.73. The summed E-state index contributed by atoms with van der Waals surface area (Å²) in [5.74, 6) is 0.206. The first-order valence-electron chi connectivity index (χ1n) is 4.97. The number of fused-ring (bicyclic) bond motifs is 1. The molecule has 1 aliphatic heterocycles. The quantitative estimate of drug-likeness (QED) is 0.636. The minimum Gasteiger partial charge on any atom is -0.458 e. The van der Waals surface area contributed by atoms with Gasteiger partial charge in [0, 0.05) is 6.42 Å². The van der Waals surface area contributed by atoms with E-state index in [1.54, 1.807) is 0 Å². The monoisotopic (exact) mass is 190 g/mol. The molecule has 2 heteroatoms. The van der Waals surface area contributed by atoms with E-state index < -0.39 is 0 Å². The van der Waals surface area contributed by atoms with Crippen molar-refractivity contribution in [2.45, 2.75) is 26.4 Å². The second kappa shape index (κ2) is 3.45. The van der Waals surface area contributed by atoms with Crippen LogP contribution in [0.1, 0.15) is 29.8 Å². The number of carbonyl (C=O) groups is 1. The maximum absolute atomic E-state index is 11.6. The highest BCUT2D eigenvalue weighted by molar-refractivity contribution is 5.92. The minimum atomic E-state index is -0.175. The van der Waals surface area contributed by atoms with Crippen molar-refractivity contribution >= 4 is 5.97 Å². The van der Waals surface area contributed by atoms with Gasteiger partial charge in [-0.25, -0.2) is 4.79 Å². The lowest BCUT2D eigenvalue weighted by atomic mass is 9.93. The zero-order chi connectivity index (χ0) is 10.1. The van der Waals surface area contributed by atoms with Crippen LogP contribution < -0.4 is 0 Å². The molecule has 2 nitrogen and oxygen atoms in total. The van der Waals surface area contributed by atoms with E-state index in [0.29, 0.717) is 5.92 Å². The molecule has 1 atom stereocenters. The van der Waals surface area contributed by atoms with Crippen molar-refractivity contribution in [1.29, 1.82) is 0 Å². The maximum Gasteiger partial charge on any atom is 0.338 e. The number of hydrogen-bond donors (Lipinski definition) is 0. The number of esters is 1. The molecular formula is C12H14O2. The molecule has 0 radical (unpaired) electrons. The topological polar surface area (TPSA) is 26.3 Å². The molecule has 0 aliphatic carbocycles. The fraction of sp³-hybridized carbons (Fsp3) is 0.417. The molecule has 0 saturated heterocycles. The third kappa shape index (κ3) is 1.52. The summed E-state index contributed by atoms with van der Waals surface area (Å²) in [5.41, 5.74) is 1.84. The fourth-order valence-corrected chi connectivity index (χ4v) is 1.73. The second-order valence-corrected chi connectivity index (χ2v) is 4.05. The lowest BCUT2D eigenvalue weighted by molar-refractivity contribution is 0.0136. The van der Waals surface area contributed by atoms with E-state index in [0.717, 1.165) is 17.5 Å². The number of benzene rings is 1. The Morgan fingerprint density at radius 1 is 1.36 bits per heavy atom. The Kier molecular flexibility index (Phi) is 2.28. The van der Waals surface area contributed by atoms with Gasteiger partial charge in [0.05, 0.1) is 5.56 Å². The molecule has 0 unspecified atom stereocenters. The molecule has 0 fully saturated rings. The van der Waals surface area contributed by atoms with Gasteiger partial charge in [-0.1, -0.05) is 32.0 Å². The molecular weight excluding hydrogens is 176 g/mol. The van der Waals surface area contributed by atoms with Crippen molar-refractivity contribution in [3.8, 4) is 0 Å². The third-order valence-corrected chi connectivity index (χ3v) is 2.66. The Morgan fingerprint density at radius 2 is 2.07 bits per heavy atom. The van der Waals surface area contributed by atoms with Crippen molar-refractivity contribution < 1.29 is 9.53 Å². The standard InChI is InChI=1S/C12H14O2/c1-8(2)11-7-9-5-3-4-6-10(9)12(13)14-11/h3-6,8,11H,7H2,1-2H3/t11-/m1/s1. The van der Waals surface area contributed by atoms with E-state index in [9.17, 15) is 4.79 Å². The Bertz CT molecular complexity index is 355. The van der Waals surface area contributed by atoms with Gasteiger partial charge < -0.3 is 4.74 Å². The van der Waals surface area contributed by atoms with Crippen LogP contribution in [-0.2, 0) is 11.2 Å². The Hall–Kier alpha value is -1.31. The SMILES string of the molecule is CC(C)[C@H]1Cc2ccccc2C(=O)O1. The molecule has 0 spiro atoms. The van der Waals surface area contributed by atoms with E-state index in [-0.39, 0.29) is 12.1 Å². The summed E-state index contributed by atoms with van der Waals surface area (Å²) >= 11 is 0. The smallest absolute Gasteiger partial charge is 0.338 e. The molecule has 0 aromatic heterocycles. The summed E-state index contributed by atoms with van der Waals surface area (Å²) in [7, 11) is 0. The van der Waals surface area contributed by atoms with Crippen molar-refractivity contribution in [2.75, 3.05) is 0 Å². The van der Waals surface area contributed by atoms with Gasteiger partial charge in [-0.3, -0.25) is 0 Å². The van der Waals surface area contributed by atoms with Crippen molar-refractivity contribution in [3.05, 3.63) is 35.4 Å². The largest absolute Gasteiger partial charge is 0.458 e. The molecule has 1 aliphatic rings. The van der Waals surface area contributed by atoms with E-state index >= 15 is 0 Å². The number of ether oxygens (including phenoxy) is 1. The molecule has 0 bridgehead atoms. The molecule has 1 heterocycles. The minimum absolute atomic E-state index is 0.0393. The molecule has 1 aromatic rings. The third-order valence-electron chi connectivity index (χ3n) is 2.66. The van der Waals surface area contributed by atoms with Crippen LogP contribution in [0.3, 0.4) is 0 Å². The first kappa shape index (κ1) is 9.25. The van der Waals surface area contributed by atoms with Gasteiger partial charge in [0.1, 0.15) is 6.10 Å². The van der Waals surface area contributed by atoms with Crippen LogP contribution in [0.25, 0.3) is 0 Å². The van der Waals surface area contributed by atoms with E-state index in [1.807, 2.05) is 24.3 Å². The molecule has 1 aromatic carbocycles. The predicted molar refractivity (Wildman–Crippen MR) is 54.2 cm³/mol. The lowest BCUT2D eigenvalue weighted by Gasteiger charge is -2.27. The Labute approximate surface area is 83.9 Å². The average Bonchev–Trinajstić information content (AvgIpc) is 2.17. The van der Waals surface area contributed by atoms with Crippen LogP contribution in [0.2, 0.25) is 0 Å². The maximum atomic E-state index is 11.6. The summed E-state index contributed by atoms with van der Waals surface area (Å²) in [6.45, 7) is 4.15. The highest BCUT2D eigenvalue weighted by atomic mass is 16.5. The number of hydrogen-bond acceptors (Lipinski definition) is 2. The molecule has 14 heavy (non-hydrogen) atoms. The number of carbonyl (C=O) groups excluding carboxylic acids is 1. The predicted octanol–water partition coefficient (Wildman–Crippen LogP) is 2.42. The zero-order valence-corrected chi connectivity index (χ0v) is 8.49. The van der Waals surface area contributed by atoms with Crippen molar-refractivity contribution in [3.63, 3.8) is 0 Å². The summed E-state index contributed by atoms with van der Waals surface area (Å²) in [4.78, 5) is 11.6. The van der Waals surface area contributed by atoms with Crippen LogP contribution >= 0.6 is 0 Å². The summed E-state index contributed by atoms with van der Waals surface area (Å²) in [6, 6.07) is 7.67. The van der Waals surface area contributed by atoms with Gasteiger partial charge in [0.15, 0.2) is 0 Å². The van der Waals surface area contributed by atoms with Crippen LogP contribution in [0.4, 0.5) is 0 Å². The van der Waals surface area contributed by atoms with Gasteiger partial charge in [0.25, 0.3) is 0 Å². The summed E-state index contributed by atoms with van der Waals surface area (Å²) in [6.07, 6.45) is 0.886. The molecule has 74 valence electrons. The van der Waals surface area contributed by atoms with Crippen LogP contribution in [0.15, 0.2) is 24.3 Å². The molecule has 0 N–H and O–H groups in total.